The maximum absolute atomic E-state index is 12.1. The maximum atomic E-state index is 12.1. The Morgan fingerprint density at radius 2 is 1.64 bits per heavy atom. The van der Waals surface area contributed by atoms with Crippen molar-refractivity contribution in [2.75, 3.05) is 25.1 Å². The number of anilines is 1. The van der Waals surface area contributed by atoms with Crippen LogP contribution < -0.4 is 15.4 Å². The zero-order valence-corrected chi connectivity index (χ0v) is 16.2. The Morgan fingerprint density at radius 1 is 0.964 bits per heavy atom. The molecule has 2 aromatic carbocycles. The first kappa shape index (κ1) is 21.0. The van der Waals surface area contributed by atoms with Crippen molar-refractivity contribution < 1.29 is 23.9 Å². The summed E-state index contributed by atoms with van der Waals surface area (Å²) in [5.41, 5.74) is 2.98. The van der Waals surface area contributed by atoms with Crippen molar-refractivity contribution in [3.05, 3.63) is 59.2 Å². The van der Waals surface area contributed by atoms with Gasteiger partial charge in [0.2, 0.25) is 5.91 Å². The van der Waals surface area contributed by atoms with Gasteiger partial charge < -0.3 is 20.1 Å². The number of carbonyl (C=O) groups is 3. The van der Waals surface area contributed by atoms with Crippen molar-refractivity contribution in [2.24, 2.45) is 0 Å². The second kappa shape index (κ2) is 10.1. The fourth-order valence-electron chi connectivity index (χ4n) is 2.50. The minimum Gasteiger partial charge on any atom is -0.484 e. The third-order valence-electron chi connectivity index (χ3n) is 3.91. The van der Waals surface area contributed by atoms with Crippen LogP contribution in [0, 0.1) is 13.8 Å². The van der Waals surface area contributed by atoms with Gasteiger partial charge in [0.1, 0.15) is 5.75 Å². The highest BCUT2D eigenvalue weighted by molar-refractivity contribution is 5.96. The average Bonchev–Trinajstić information content (AvgIpc) is 2.68. The predicted octanol–water partition coefficient (Wildman–Crippen LogP) is 2.61. The van der Waals surface area contributed by atoms with Crippen molar-refractivity contribution in [1.82, 2.24) is 5.32 Å². The summed E-state index contributed by atoms with van der Waals surface area (Å²) in [6.45, 7) is 5.36. The van der Waals surface area contributed by atoms with Crippen molar-refractivity contribution >= 4 is 23.5 Å². The number of carbonyl (C=O) groups excluding carboxylic acids is 3. The number of nitrogens with one attached hydrogen (secondary N) is 2. The lowest BCUT2D eigenvalue weighted by Gasteiger charge is -2.12. The van der Waals surface area contributed by atoms with E-state index in [0.29, 0.717) is 11.3 Å². The quantitative estimate of drug-likeness (QED) is 0.683. The third kappa shape index (κ3) is 6.12. The van der Waals surface area contributed by atoms with E-state index in [1.165, 1.54) is 6.07 Å². The molecule has 7 heteroatoms. The van der Waals surface area contributed by atoms with E-state index < -0.39 is 11.9 Å². The second-order valence-electron chi connectivity index (χ2n) is 6.13. The van der Waals surface area contributed by atoms with E-state index in [2.05, 4.69) is 10.6 Å². The van der Waals surface area contributed by atoms with Crippen molar-refractivity contribution in [3.63, 3.8) is 0 Å². The Balaban J connectivity index is 1.81. The summed E-state index contributed by atoms with van der Waals surface area (Å²) in [5.74, 6) is -0.866. The van der Waals surface area contributed by atoms with Gasteiger partial charge >= 0.3 is 5.97 Å². The molecule has 0 saturated heterocycles. The minimum absolute atomic E-state index is 0.168. The summed E-state index contributed by atoms with van der Waals surface area (Å²) in [6, 6.07) is 12.1. The summed E-state index contributed by atoms with van der Waals surface area (Å²) >= 11 is 0. The van der Waals surface area contributed by atoms with Gasteiger partial charge in [-0.25, -0.2) is 4.79 Å². The standard InChI is InChI=1S/C21H24N2O5/c1-4-27-21(26)16-9-6-10-17(11-16)28-13-19(25)22-12-18(24)23-20-14(2)7-5-8-15(20)3/h5-11H,4,12-13H2,1-3H3,(H,22,25)(H,23,24). The molecule has 0 radical (unpaired) electrons. The molecule has 0 heterocycles. The van der Waals surface area contributed by atoms with Crippen LogP contribution in [0.2, 0.25) is 0 Å². The summed E-state index contributed by atoms with van der Waals surface area (Å²) in [4.78, 5) is 35.7. The summed E-state index contributed by atoms with van der Waals surface area (Å²) < 4.78 is 10.3. The number of esters is 1. The zero-order valence-electron chi connectivity index (χ0n) is 16.2. The third-order valence-corrected chi connectivity index (χ3v) is 3.91. The number of ether oxygens (including phenoxy) is 2. The van der Waals surface area contributed by atoms with Gasteiger partial charge in [0.05, 0.1) is 18.7 Å². The molecule has 2 amide bonds. The van der Waals surface area contributed by atoms with Gasteiger partial charge in [0, 0.05) is 5.69 Å². The first-order valence-electron chi connectivity index (χ1n) is 8.93. The van der Waals surface area contributed by atoms with Crippen LogP contribution in [-0.2, 0) is 14.3 Å². The molecule has 2 N–H and O–H groups in total. The van der Waals surface area contributed by atoms with E-state index in [0.717, 1.165) is 16.8 Å². The van der Waals surface area contributed by atoms with Gasteiger partial charge in [-0.05, 0) is 50.1 Å². The Labute approximate surface area is 164 Å². The van der Waals surface area contributed by atoms with Crippen LogP contribution in [0.3, 0.4) is 0 Å². The molecule has 0 saturated carbocycles. The lowest BCUT2D eigenvalue weighted by atomic mass is 10.1. The highest BCUT2D eigenvalue weighted by Gasteiger charge is 2.11. The van der Waals surface area contributed by atoms with E-state index >= 15 is 0 Å². The van der Waals surface area contributed by atoms with Gasteiger partial charge in [-0.2, -0.15) is 0 Å². The van der Waals surface area contributed by atoms with E-state index in [9.17, 15) is 14.4 Å². The van der Waals surface area contributed by atoms with E-state index in [-0.39, 0.29) is 25.7 Å². The van der Waals surface area contributed by atoms with Gasteiger partial charge in [0.15, 0.2) is 6.61 Å². The number of rotatable bonds is 8. The Bertz CT molecular complexity index is 843. The lowest BCUT2D eigenvalue weighted by Crippen LogP contribution is -2.36. The van der Waals surface area contributed by atoms with Crippen LogP contribution in [0.25, 0.3) is 0 Å². The molecule has 0 bridgehead atoms. The van der Waals surface area contributed by atoms with Crippen LogP contribution in [0.5, 0.6) is 5.75 Å². The molecule has 0 spiro atoms. The normalized spacial score (nSPS) is 10.1. The molecule has 0 aliphatic carbocycles. The first-order chi connectivity index (χ1) is 13.4. The fourth-order valence-corrected chi connectivity index (χ4v) is 2.50. The van der Waals surface area contributed by atoms with Crippen molar-refractivity contribution in [1.29, 1.82) is 0 Å². The number of amides is 2. The number of aryl methyl sites for hydroxylation is 2. The summed E-state index contributed by atoms with van der Waals surface area (Å²) in [7, 11) is 0. The summed E-state index contributed by atoms with van der Waals surface area (Å²) in [6.07, 6.45) is 0. The molecule has 2 aromatic rings. The number of benzene rings is 2. The SMILES string of the molecule is CCOC(=O)c1cccc(OCC(=O)NCC(=O)Nc2c(C)cccc2C)c1. The number of hydrogen-bond donors (Lipinski definition) is 2. The smallest absolute Gasteiger partial charge is 0.338 e. The van der Waals surface area contributed by atoms with E-state index in [1.807, 2.05) is 32.0 Å². The molecule has 0 atom stereocenters. The Hall–Kier alpha value is -3.35. The number of hydrogen-bond acceptors (Lipinski definition) is 5. The highest BCUT2D eigenvalue weighted by atomic mass is 16.5. The molecule has 2 rings (SSSR count). The van der Waals surface area contributed by atoms with Gasteiger partial charge in [0.25, 0.3) is 5.91 Å². The minimum atomic E-state index is -0.458. The molecule has 0 fully saturated rings. The number of para-hydroxylation sites is 1. The molecule has 0 aliphatic heterocycles. The molecule has 28 heavy (non-hydrogen) atoms. The first-order valence-corrected chi connectivity index (χ1v) is 8.93. The van der Waals surface area contributed by atoms with Crippen LogP contribution in [0.4, 0.5) is 5.69 Å². The van der Waals surface area contributed by atoms with E-state index in [4.69, 9.17) is 9.47 Å². The fraction of sp³-hybridized carbons (Fsp3) is 0.286. The van der Waals surface area contributed by atoms with Gasteiger partial charge in [-0.3, -0.25) is 9.59 Å². The van der Waals surface area contributed by atoms with Crippen LogP contribution in [-0.4, -0.2) is 37.5 Å². The second-order valence-corrected chi connectivity index (χ2v) is 6.13. The topological polar surface area (TPSA) is 93.7 Å². The Kier molecular flexibility index (Phi) is 7.56. The zero-order chi connectivity index (χ0) is 20.5. The summed E-state index contributed by atoms with van der Waals surface area (Å²) in [5, 5.41) is 5.30. The lowest BCUT2D eigenvalue weighted by molar-refractivity contribution is -0.125. The molecule has 148 valence electrons. The van der Waals surface area contributed by atoms with Crippen LogP contribution in [0.15, 0.2) is 42.5 Å². The van der Waals surface area contributed by atoms with E-state index in [1.54, 1.807) is 25.1 Å². The van der Waals surface area contributed by atoms with Gasteiger partial charge in [-0.1, -0.05) is 24.3 Å². The largest absolute Gasteiger partial charge is 0.484 e. The Morgan fingerprint density at radius 3 is 2.32 bits per heavy atom. The van der Waals surface area contributed by atoms with Crippen LogP contribution >= 0.6 is 0 Å². The molecular formula is C21H24N2O5. The van der Waals surface area contributed by atoms with Crippen molar-refractivity contribution in [3.8, 4) is 5.75 Å². The molecule has 0 aromatic heterocycles. The molecule has 0 unspecified atom stereocenters. The maximum Gasteiger partial charge on any atom is 0.338 e. The molecule has 7 nitrogen and oxygen atoms in total. The van der Waals surface area contributed by atoms with Crippen LogP contribution in [0.1, 0.15) is 28.4 Å². The predicted molar refractivity (Wildman–Crippen MR) is 105 cm³/mol. The average molecular weight is 384 g/mol. The van der Waals surface area contributed by atoms with Gasteiger partial charge in [-0.15, -0.1) is 0 Å². The monoisotopic (exact) mass is 384 g/mol. The molecular weight excluding hydrogens is 360 g/mol. The van der Waals surface area contributed by atoms with Crippen molar-refractivity contribution in [2.45, 2.75) is 20.8 Å². The highest BCUT2D eigenvalue weighted by Crippen LogP contribution is 2.19. The molecule has 0 aliphatic rings.